The molecule has 148 valence electrons. The van der Waals surface area contributed by atoms with Crippen LogP contribution in [0.2, 0.25) is 0 Å². The van der Waals surface area contributed by atoms with Crippen molar-refractivity contribution in [2.45, 2.75) is 25.8 Å². The molecule has 1 aliphatic carbocycles. The lowest BCUT2D eigenvalue weighted by Crippen LogP contribution is -2.34. The van der Waals surface area contributed by atoms with E-state index in [1.807, 2.05) is 29.2 Å². The summed E-state index contributed by atoms with van der Waals surface area (Å²) in [6, 6.07) is 14.4. The Morgan fingerprint density at radius 2 is 1.96 bits per heavy atom. The predicted octanol–water partition coefficient (Wildman–Crippen LogP) is 4.15. The molecule has 2 aromatic rings. The fourth-order valence-electron chi connectivity index (χ4n) is 3.82. The fourth-order valence-corrected chi connectivity index (χ4v) is 5.28. The zero-order valence-electron chi connectivity index (χ0n) is 16.2. The molecule has 0 amide bonds. The van der Waals surface area contributed by atoms with Crippen LogP contribution in [0.1, 0.15) is 19.8 Å². The number of aliphatic hydroxyl groups is 2. The number of rotatable bonds is 7. The monoisotopic (exact) mass is 397 g/mol. The summed E-state index contributed by atoms with van der Waals surface area (Å²) in [6.45, 7) is 2.55. The third kappa shape index (κ3) is 3.79. The van der Waals surface area contributed by atoms with E-state index < -0.39 is 0 Å². The van der Waals surface area contributed by atoms with Crippen molar-refractivity contribution in [2.24, 2.45) is 5.92 Å². The lowest BCUT2D eigenvalue weighted by atomic mass is 10.0. The zero-order chi connectivity index (χ0) is 19.5. The van der Waals surface area contributed by atoms with Gasteiger partial charge in [0.2, 0.25) is 0 Å². The standard InChI is InChI=1S/C23H27NO3S/c1-2-16(13-27-21-9-5-7-17-6-3-4-8-20(17)21)22(18-10-11-18)23-24(15-26)19(12-25)14-28-23/h2-9,18-19,25-26H,10-15H2,1H3/b16-2-,23-22-. The maximum atomic E-state index is 9.89. The lowest BCUT2D eigenvalue weighted by Gasteiger charge is -2.26. The van der Waals surface area contributed by atoms with Crippen molar-refractivity contribution >= 4 is 22.5 Å². The molecule has 1 atom stereocenters. The number of aliphatic hydroxyl groups excluding tert-OH is 2. The lowest BCUT2D eigenvalue weighted by molar-refractivity contribution is 0.0909. The molecule has 1 saturated heterocycles. The van der Waals surface area contributed by atoms with Crippen molar-refractivity contribution in [3.05, 3.63) is 64.7 Å². The van der Waals surface area contributed by atoms with Gasteiger partial charge in [0.15, 0.2) is 0 Å². The number of nitrogens with zero attached hydrogens (tertiary/aromatic N) is 1. The van der Waals surface area contributed by atoms with Gasteiger partial charge < -0.3 is 19.8 Å². The van der Waals surface area contributed by atoms with E-state index in [0.29, 0.717) is 12.5 Å². The van der Waals surface area contributed by atoms with Gasteiger partial charge in [0.05, 0.1) is 17.7 Å². The van der Waals surface area contributed by atoms with Crippen molar-refractivity contribution in [1.29, 1.82) is 0 Å². The Morgan fingerprint density at radius 3 is 2.68 bits per heavy atom. The van der Waals surface area contributed by atoms with Crippen molar-refractivity contribution in [1.82, 2.24) is 4.90 Å². The van der Waals surface area contributed by atoms with E-state index in [1.54, 1.807) is 11.8 Å². The minimum Gasteiger partial charge on any atom is -0.488 e. The molecule has 1 heterocycles. The molecule has 4 nitrogen and oxygen atoms in total. The highest BCUT2D eigenvalue weighted by Gasteiger charge is 2.37. The molecule has 0 radical (unpaired) electrons. The molecule has 2 N–H and O–H groups in total. The molecule has 0 spiro atoms. The highest BCUT2D eigenvalue weighted by atomic mass is 32.2. The van der Waals surface area contributed by atoms with Gasteiger partial charge >= 0.3 is 0 Å². The summed E-state index contributed by atoms with van der Waals surface area (Å²) < 4.78 is 6.27. The fraction of sp³-hybridized carbons (Fsp3) is 0.391. The summed E-state index contributed by atoms with van der Waals surface area (Å²) in [5, 5.41) is 22.9. The summed E-state index contributed by atoms with van der Waals surface area (Å²) in [6.07, 6.45) is 4.48. The number of hydrogen-bond donors (Lipinski definition) is 2. The topological polar surface area (TPSA) is 52.9 Å². The average Bonchev–Trinajstić information content (AvgIpc) is 3.49. The van der Waals surface area contributed by atoms with Gasteiger partial charge in [-0.1, -0.05) is 42.5 Å². The maximum Gasteiger partial charge on any atom is 0.127 e. The van der Waals surface area contributed by atoms with E-state index in [4.69, 9.17) is 4.74 Å². The van der Waals surface area contributed by atoms with Crippen LogP contribution in [-0.2, 0) is 0 Å². The molecule has 2 aliphatic rings. The molecule has 0 bridgehead atoms. The van der Waals surface area contributed by atoms with Gasteiger partial charge in [-0.3, -0.25) is 0 Å². The van der Waals surface area contributed by atoms with Crippen LogP contribution in [0, 0.1) is 5.92 Å². The second-order valence-electron chi connectivity index (χ2n) is 7.33. The Labute approximate surface area is 170 Å². The van der Waals surface area contributed by atoms with Crippen molar-refractivity contribution in [3.8, 4) is 5.75 Å². The molecule has 1 saturated carbocycles. The number of fused-ring (bicyclic) bond motifs is 1. The van der Waals surface area contributed by atoms with Crippen LogP contribution in [-0.4, -0.2) is 46.9 Å². The second kappa shape index (κ2) is 8.60. The van der Waals surface area contributed by atoms with E-state index >= 15 is 0 Å². The first-order chi connectivity index (χ1) is 13.8. The molecule has 1 unspecified atom stereocenters. The highest BCUT2D eigenvalue weighted by molar-refractivity contribution is 8.03. The molecule has 2 fully saturated rings. The zero-order valence-corrected chi connectivity index (χ0v) is 17.0. The first kappa shape index (κ1) is 19.4. The van der Waals surface area contributed by atoms with E-state index in [-0.39, 0.29) is 19.4 Å². The van der Waals surface area contributed by atoms with Crippen molar-refractivity contribution < 1.29 is 14.9 Å². The van der Waals surface area contributed by atoms with Gasteiger partial charge in [-0.25, -0.2) is 0 Å². The largest absolute Gasteiger partial charge is 0.488 e. The number of hydrogen-bond acceptors (Lipinski definition) is 5. The summed E-state index contributed by atoms with van der Waals surface area (Å²) in [4.78, 5) is 1.94. The Hall–Kier alpha value is -1.95. The van der Waals surface area contributed by atoms with Crippen LogP contribution in [0.4, 0.5) is 0 Å². The minimum absolute atomic E-state index is 0.0177. The summed E-state index contributed by atoms with van der Waals surface area (Å²) >= 11 is 1.74. The Kier molecular flexibility index (Phi) is 5.95. The van der Waals surface area contributed by atoms with Crippen LogP contribution < -0.4 is 4.74 Å². The Morgan fingerprint density at radius 1 is 1.18 bits per heavy atom. The number of benzene rings is 2. The van der Waals surface area contributed by atoms with E-state index in [9.17, 15) is 10.2 Å². The summed E-state index contributed by atoms with van der Waals surface area (Å²) in [7, 11) is 0. The molecule has 5 heteroatoms. The van der Waals surface area contributed by atoms with Gasteiger partial charge in [-0.2, -0.15) is 0 Å². The molecule has 28 heavy (non-hydrogen) atoms. The first-order valence-corrected chi connectivity index (χ1v) is 10.9. The number of allylic oxidation sites excluding steroid dienone is 1. The van der Waals surface area contributed by atoms with Gasteiger partial charge in [0.25, 0.3) is 0 Å². The van der Waals surface area contributed by atoms with Crippen LogP contribution in [0.15, 0.2) is 64.7 Å². The van der Waals surface area contributed by atoms with Gasteiger partial charge in [-0.15, -0.1) is 11.8 Å². The van der Waals surface area contributed by atoms with Crippen LogP contribution >= 0.6 is 11.8 Å². The van der Waals surface area contributed by atoms with Crippen LogP contribution in [0.25, 0.3) is 10.8 Å². The first-order valence-electron chi connectivity index (χ1n) is 9.88. The van der Waals surface area contributed by atoms with Crippen LogP contribution in [0.3, 0.4) is 0 Å². The molecule has 0 aromatic heterocycles. The second-order valence-corrected chi connectivity index (χ2v) is 8.34. The summed E-state index contributed by atoms with van der Waals surface area (Å²) in [5.74, 6) is 2.23. The van der Waals surface area contributed by atoms with E-state index in [0.717, 1.165) is 21.9 Å². The minimum atomic E-state index is -0.0645. The van der Waals surface area contributed by atoms with Gasteiger partial charge in [0.1, 0.15) is 19.1 Å². The Balaban J connectivity index is 1.61. The van der Waals surface area contributed by atoms with Crippen molar-refractivity contribution in [2.75, 3.05) is 25.7 Å². The SMILES string of the molecule is C/C=C(COc1cccc2ccccc12)\C(=C1\SCC(CO)N1CO)C1CC1. The molecular formula is C23H27NO3S. The van der Waals surface area contributed by atoms with Gasteiger partial charge in [-0.05, 0) is 48.3 Å². The maximum absolute atomic E-state index is 9.89. The van der Waals surface area contributed by atoms with Gasteiger partial charge in [0, 0.05) is 11.1 Å². The predicted molar refractivity (Wildman–Crippen MR) is 115 cm³/mol. The highest BCUT2D eigenvalue weighted by Crippen LogP contribution is 2.47. The third-order valence-electron chi connectivity index (χ3n) is 5.52. The number of ether oxygens (including phenoxy) is 1. The molecule has 2 aromatic carbocycles. The normalized spacial score (nSPS) is 22.0. The summed E-state index contributed by atoms with van der Waals surface area (Å²) in [5.41, 5.74) is 2.47. The van der Waals surface area contributed by atoms with E-state index in [1.165, 1.54) is 29.4 Å². The van der Waals surface area contributed by atoms with Crippen LogP contribution in [0.5, 0.6) is 5.75 Å². The molecular weight excluding hydrogens is 370 g/mol. The van der Waals surface area contributed by atoms with E-state index in [2.05, 4.69) is 31.2 Å². The molecule has 4 rings (SSSR count). The Bertz CT molecular complexity index is 898. The third-order valence-corrected chi connectivity index (χ3v) is 6.80. The van der Waals surface area contributed by atoms with Crippen molar-refractivity contribution in [3.63, 3.8) is 0 Å². The number of thioether (sulfide) groups is 1. The smallest absolute Gasteiger partial charge is 0.127 e. The average molecular weight is 398 g/mol. The molecule has 1 aliphatic heterocycles. The quantitative estimate of drug-likeness (QED) is 0.735.